The Kier molecular flexibility index (Phi) is 5.12. The smallest absolute Gasteiger partial charge is 0.254 e. The molecule has 8 heteroatoms. The Labute approximate surface area is 189 Å². The molecule has 2 amide bonds. The Morgan fingerprint density at radius 2 is 1.84 bits per heavy atom. The van der Waals surface area contributed by atoms with Crippen molar-refractivity contribution in [3.63, 3.8) is 0 Å². The van der Waals surface area contributed by atoms with Gasteiger partial charge in [0.25, 0.3) is 5.91 Å². The van der Waals surface area contributed by atoms with E-state index in [1.807, 2.05) is 29.2 Å². The van der Waals surface area contributed by atoms with Crippen LogP contribution in [0.1, 0.15) is 27.0 Å². The minimum atomic E-state index is -0.168. The highest BCUT2D eigenvalue weighted by atomic mass is 35.5. The summed E-state index contributed by atoms with van der Waals surface area (Å²) in [6, 6.07) is 13.6. The topological polar surface area (TPSA) is 66.4 Å². The lowest BCUT2D eigenvalue weighted by molar-refractivity contribution is -0.132. The van der Waals surface area contributed by atoms with Gasteiger partial charge in [0, 0.05) is 30.8 Å². The largest absolute Gasteiger partial charge is 0.336 e. The number of nitrogens with zero attached hydrogens (tertiary/aromatic N) is 4. The predicted octanol–water partition coefficient (Wildman–Crippen LogP) is 3.99. The third-order valence-corrected chi connectivity index (χ3v) is 6.25. The maximum atomic E-state index is 13.0. The fourth-order valence-corrected chi connectivity index (χ4v) is 4.49. The summed E-state index contributed by atoms with van der Waals surface area (Å²) in [6.45, 7) is 1.72. The van der Waals surface area contributed by atoms with Gasteiger partial charge in [-0.25, -0.2) is 9.97 Å². The quantitative estimate of drug-likeness (QED) is 0.563. The maximum Gasteiger partial charge on any atom is 0.254 e. The average molecular weight is 453 g/mol. The third-order valence-electron chi connectivity index (χ3n) is 5.79. The summed E-state index contributed by atoms with van der Waals surface area (Å²) in [5, 5.41) is 0.439. The molecule has 1 aromatic heterocycles. The van der Waals surface area contributed by atoms with Gasteiger partial charge in [-0.2, -0.15) is 0 Å². The normalized spacial score (nSPS) is 15.1. The number of benzene rings is 2. The molecule has 0 N–H and O–H groups in total. The number of fused-ring (bicyclic) bond motifs is 2. The van der Waals surface area contributed by atoms with Crippen molar-refractivity contribution in [2.75, 3.05) is 13.1 Å². The molecule has 2 aliphatic heterocycles. The van der Waals surface area contributed by atoms with E-state index >= 15 is 0 Å². The van der Waals surface area contributed by atoms with Crippen LogP contribution in [0.4, 0.5) is 0 Å². The van der Waals surface area contributed by atoms with E-state index in [0.29, 0.717) is 41.5 Å². The molecule has 0 fully saturated rings. The molecule has 0 unspecified atom stereocenters. The number of hydrogen-bond acceptors (Lipinski definition) is 4. The number of carbonyl (C=O) groups is 2. The zero-order valence-electron chi connectivity index (χ0n) is 16.5. The van der Waals surface area contributed by atoms with E-state index in [9.17, 15) is 9.59 Å². The molecule has 0 atom stereocenters. The van der Waals surface area contributed by atoms with E-state index < -0.39 is 0 Å². The van der Waals surface area contributed by atoms with E-state index in [2.05, 4.69) is 22.1 Å². The van der Waals surface area contributed by atoms with Crippen LogP contribution < -0.4 is 0 Å². The van der Waals surface area contributed by atoms with E-state index in [0.717, 1.165) is 12.0 Å². The van der Waals surface area contributed by atoms with Gasteiger partial charge in [-0.1, -0.05) is 48.0 Å². The van der Waals surface area contributed by atoms with Crippen molar-refractivity contribution >= 4 is 35.0 Å². The van der Waals surface area contributed by atoms with Crippen LogP contribution in [0.15, 0.2) is 48.7 Å². The molecular weight excluding hydrogens is 435 g/mol. The molecule has 0 saturated heterocycles. The molecule has 0 bridgehead atoms. The van der Waals surface area contributed by atoms with Crippen LogP contribution in [0, 0.1) is 0 Å². The molecular formula is C23H18Cl2N4O2. The highest BCUT2D eigenvalue weighted by Crippen LogP contribution is 2.31. The van der Waals surface area contributed by atoms with Crippen molar-refractivity contribution in [2.45, 2.75) is 19.5 Å². The first-order chi connectivity index (χ1) is 15.0. The molecule has 3 aromatic rings. The van der Waals surface area contributed by atoms with Crippen LogP contribution in [0.25, 0.3) is 11.3 Å². The lowest BCUT2D eigenvalue weighted by atomic mass is 10.00. The van der Waals surface area contributed by atoms with E-state index in [1.165, 1.54) is 17.3 Å². The van der Waals surface area contributed by atoms with Gasteiger partial charge < -0.3 is 9.80 Å². The zero-order chi connectivity index (χ0) is 21.5. The SMILES string of the molecule is O=C(CN1Cc2ccc(-c3nc(Cl)ncc3Cl)cc2C1=O)N1CCc2ccccc2C1. The zero-order valence-corrected chi connectivity index (χ0v) is 18.0. The van der Waals surface area contributed by atoms with Gasteiger partial charge in [0.2, 0.25) is 11.2 Å². The molecule has 0 saturated carbocycles. The van der Waals surface area contributed by atoms with Gasteiger partial charge in [0.05, 0.1) is 16.9 Å². The highest BCUT2D eigenvalue weighted by molar-refractivity contribution is 6.33. The molecule has 6 nitrogen and oxygen atoms in total. The Bertz CT molecular complexity index is 1210. The standard InChI is InChI=1S/C23H18Cl2N4O2/c24-19-10-26-23(25)27-21(19)15-5-6-17-12-29(22(31)18(17)9-15)13-20(30)28-8-7-14-3-1-2-4-16(14)11-28/h1-6,9-10H,7-8,11-13H2. The van der Waals surface area contributed by atoms with E-state index in [1.54, 1.807) is 11.0 Å². The minimum absolute atomic E-state index is 0.0403. The molecule has 156 valence electrons. The van der Waals surface area contributed by atoms with Crippen LogP contribution in [-0.2, 0) is 24.3 Å². The van der Waals surface area contributed by atoms with Gasteiger partial charge in [0.1, 0.15) is 6.54 Å². The monoisotopic (exact) mass is 452 g/mol. The van der Waals surface area contributed by atoms with Crippen molar-refractivity contribution in [1.29, 1.82) is 0 Å². The molecule has 0 radical (unpaired) electrons. The Balaban J connectivity index is 1.32. The highest BCUT2D eigenvalue weighted by Gasteiger charge is 2.31. The minimum Gasteiger partial charge on any atom is -0.336 e. The first kappa shape index (κ1) is 20.0. The number of amides is 2. The van der Waals surface area contributed by atoms with Crippen molar-refractivity contribution < 1.29 is 9.59 Å². The van der Waals surface area contributed by atoms with Gasteiger partial charge in [-0.05, 0) is 40.8 Å². The second-order valence-corrected chi connectivity index (χ2v) is 8.45. The summed E-state index contributed by atoms with van der Waals surface area (Å²) < 4.78 is 0. The molecule has 0 aliphatic carbocycles. The molecule has 2 aromatic carbocycles. The third kappa shape index (κ3) is 3.77. The fourth-order valence-electron chi connectivity index (χ4n) is 4.16. The summed E-state index contributed by atoms with van der Waals surface area (Å²) in [6.07, 6.45) is 2.27. The molecule has 2 aliphatic rings. The summed E-state index contributed by atoms with van der Waals surface area (Å²) in [5.74, 6) is -0.208. The average Bonchev–Trinajstić information content (AvgIpc) is 3.09. The van der Waals surface area contributed by atoms with Crippen LogP contribution in [0.3, 0.4) is 0 Å². The van der Waals surface area contributed by atoms with Crippen LogP contribution >= 0.6 is 23.2 Å². The Morgan fingerprint density at radius 1 is 1.03 bits per heavy atom. The second kappa shape index (κ2) is 7.94. The first-order valence-corrected chi connectivity index (χ1v) is 10.7. The van der Waals surface area contributed by atoms with Gasteiger partial charge in [0.15, 0.2) is 0 Å². The van der Waals surface area contributed by atoms with Crippen LogP contribution in [0.2, 0.25) is 10.3 Å². The van der Waals surface area contributed by atoms with Crippen LogP contribution in [-0.4, -0.2) is 44.7 Å². The van der Waals surface area contributed by atoms with E-state index in [-0.39, 0.29) is 23.6 Å². The lowest BCUT2D eigenvalue weighted by Gasteiger charge is -2.30. The first-order valence-electron chi connectivity index (χ1n) is 9.95. The summed E-state index contributed by atoms with van der Waals surface area (Å²) in [7, 11) is 0. The van der Waals surface area contributed by atoms with Crippen molar-refractivity contribution in [3.8, 4) is 11.3 Å². The molecule has 31 heavy (non-hydrogen) atoms. The van der Waals surface area contributed by atoms with E-state index in [4.69, 9.17) is 23.2 Å². The van der Waals surface area contributed by atoms with Gasteiger partial charge in [-0.15, -0.1) is 0 Å². The lowest BCUT2D eigenvalue weighted by Crippen LogP contribution is -2.42. The second-order valence-electron chi connectivity index (χ2n) is 7.70. The van der Waals surface area contributed by atoms with Gasteiger partial charge in [-0.3, -0.25) is 9.59 Å². The van der Waals surface area contributed by atoms with Crippen LogP contribution in [0.5, 0.6) is 0 Å². The number of carbonyl (C=O) groups excluding carboxylic acids is 2. The Hall–Kier alpha value is -2.96. The van der Waals surface area contributed by atoms with Crippen molar-refractivity contribution in [2.24, 2.45) is 0 Å². The fraction of sp³-hybridized carbons (Fsp3) is 0.217. The Morgan fingerprint density at radius 3 is 2.68 bits per heavy atom. The van der Waals surface area contributed by atoms with Crippen molar-refractivity contribution in [1.82, 2.24) is 19.8 Å². The summed E-state index contributed by atoms with van der Waals surface area (Å²) >= 11 is 12.1. The molecule has 5 rings (SSSR count). The number of hydrogen-bond donors (Lipinski definition) is 0. The molecule has 3 heterocycles. The number of aromatic nitrogens is 2. The number of halogens is 2. The molecule has 0 spiro atoms. The van der Waals surface area contributed by atoms with Gasteiger partial charge >= 0.3 is 0 Å². The summed E-state index contributed by atoms with van der Waals surface area (Å²) in [4.78, 5) is 37.4. The summed E-state index contributed by atoms with van der Waals surface area (Å²) in [5.41, 5.74) is 5.04. The van der Waals surface area contributed by atoms with Crippen molar-refractivity contribution in [3.05, 3.63) is 81.2 Å². The maximum absolute atomic E-state index is 13.0. The predicted molar refractivity (Wildman–Crippen MR) is 118 cm³/mol. The number of rotatable bonds is 3.